The van der Waals surface area contributed by atoms with E-state index in [1.165, 1.54) is 12.7 Å². The first kappa shape index (κ1) is 71.6. The lowest BCUT2D eigenvalue weighted by Crippen LogP contribution is -2.08. The molecule has 9 aromatic carbocycles. The zero-order chi connectivity index (χ0) is 78.3. The van der Waals surface area contributed by atoms with Crippen molar-refractivity contribution in [3.63, 3.8) is 0 Å². The summed E-state index contributed by atoms with van der Waals surface area (Å²) in [6.45, 7) is 32.6. The molecular formula is C96H84N12O4. The fraction of sp³-hybridized carbons (Fsp3) is 0.177. The fourth-order valence-electron chi connectivity index (χ4n) is 18.1. The minimum absolute atomic E-state index is 0.0975. The van der Waals surface area contributed by atoms with Crippen LogP contribution in [0.25, 0.3) is 101 Å². The highest BCUT2D eigenvalue weighted by atomic mass is 16.3. The van der Waals surface area contributed by atoms with Gasteiger partial charge in [-0.05, 0) is 252 Å². The van der Waals surface area contributed by atoms with Gasteiger partial charge in [0, 0.05) is 140 Å². The van der Waals surface area contributed by atoms with E-state index in [2.05, 4.69) is 119 Å². The van der Waals surface area contributed by atoms with Gasteiger partial charge in [0.25, 0.3) is 0 Å². The van der Waals surface area contributed by atoms with Crippen molar-refractivity contribution in [3.8, 4) is 57.4 Å². The van der Waals surface area contributed by atoms with Crippen LogP contribution < -0.4 is 0 Å². The molecule has 1 N–H and O–H groups in total. The standard InChI is InChI=1S/C96H84N12O4/c1-51-41-67(89(109)81-55(5)59(9)103(63(81)13)71-31-21-17-22-32-71)45-77-78-46-68(90(110)82-56(6)60(10)104(64(82)14)72-33-23-18-24-34-72)42-52(2)86(78)107(85(51)77)95-99-49-97-93(101-95)75-39-29-30-40-76(75)94-98-50-100-96(102-94)108-87-53(3)43-69(91(111)83-57(7)61(11)105(65(83)15)73-35-25-19-26-36-73)47-79(87)80-48-70(44-54(4)88(80)108)92(112)84-58(8)62(12)106(66(84)16)74-37-27-20-28-38-74/h17-50,89,109H,1-16H3. The van der Waals surface area contributed by atoms with Gasteiger partial charge >= 0.3 is 0 Å². The van der Waals surface area contributed by atoms with Crippen LogP contribution in [0.5, 0.6) is 0 Å². The second-order valence-corrected chi connectivity index (χ2v) is 30.0. The summed E-state index contributed by atoms with van der Waals surface area (Å²) in [6.07, 6.45) is 2.02. The van der Waals surface area contributed by atoms with Crippen LogP contribution in [-0.4, -0.2) is 79.8 Å². The first-order chi connectivity index (χ1) is 53.9. The lowest BCUT2D eigenvalue weighted by molar-refractivity contribution is 0.103. The maximum Gasteiger partial charge on any atom is 0.238 e. The Morgan fingerprint density at radius 1 is 0.304 bits per heavy atom. The molecule has 1 atom stereocenters. The second kappa shape index (κ2) is 27.4. The Bertz CT molecular complexity index is 6650. The van der Waals surface area contributed by atoms with Crippen molar-refractivity contribution in [1.82, 2.24) is 57.3 Å². The summed E-state index contributed by atoms with van der Waals surface area (Å²) < 4.78 is 12.8. The number of aliphatic hydroxyl groups is 1. The van der Waals surface area contributed by atoms with E-state index < -0.39 is 6.10 Å². The number of para-hydroxylation sites is 4. The second-order valence-electron chi connectivity index (χ2n) is 30.0. The SMILES string of the molecule is Cc1c(C(=O)c2cc(C)c3c(c2)c2cc(C(=O)c4c(C)c(C)n(-c5ccccc5)c4C)cc(C)c2n3-c2ncnc(-c3ccccc3-c3ncnc(-n4c5c(C)cc(C(=O)c6c(C)c(C)n(-c7ccccc7)c6C)cc5c5cc(C(O)c6c(C)c(C)n(-c7ccccc7)c6C)cc(C)c54)n3)n2)c(C)n(-c2ccccc2)c1C. The number of aryl methyl sites for hydroxylation is 4. The molecule has 0 bridgehead atoms. The molecule has 0 aliphatic rings. The first-order valence-corrected chi connectivity index (χ1v) is 37.9. The smallest absolute Gasteiger partial charge is 0.238 e. The molecule has 552 valence electrons. The third-order valence-corrected chi connectivity index (χ3v) is 23.6. The van der Waals surface area contributed by atoms with E-state index in [0.717, 1.165) is 162 Å². The van der Waals surface area contributed by atoms with E-state index in [0.29, 0.717) is 73.6 Å². The highest BCUT2D eigenvalue weighted by Gasteiger charge is 2.32. The largest absolute Gasteiger partial charge is 0.384 e. The highest BCUT2D eigenvalue weighted by Crippen LogP contribution is 2.44. The van der Waals surface area contributed by atoms with Crippen molar-refractivity contribution < 1.29 is 19.5 Å². The van der Waals surface area contributed by atoms with Crippen molar-refractivity contribution in [2.45, 2.75) is 117 Å². The monoisotopic (exact) mass is 1470 g/mol. The van der Waals surface area contributed by atoms with Gasteiger partial charge in [0.2, 0.25) is 11.9 Å². The van der Waals surface area contributed by atoms with Crippen LogP contribution in [0.1, 0.15) is 155 Å². The van der Waals surface area contributed by atoms with Crippen LogP contribution in [0.15, 0.2) is 207 Å². The molecule has 0 spiro atoms. The molecule has 8 aromatic heterocycles. The summed E-state index contributed by atoms with van der Waals surface area (Å²) in [5, 5.41) is 16.0. The molecule has 0 aliphatic heterocycles. The number of hydrogen-bond donors (Lipinski definition) is 1. The number of benzene rings is 9. The normalized spacial score (nSPS) is 12.0. The van der Waals surface area contributed by atoms with Gasteiger partial charge in [0.05, 0.1) is 22.1 Å². The molecule has 16 heteroatoms. The zero-order valence-electron chi connectivity index (χ0n) is 65.7. The Balaban J connectivity index is 0.813. The predicted octanol–water partition coefficient (Wildman–Crippen LogP) is 20.5. The highest BCUT2D eigenvalue weighted by molar-refractivity contribution is 6.21. The Hall–Kier alpha value is -13.3. The molecule has 1 unspecified atom stereocenters. The molecule has 0 saturated heterocycles. The minimum Gasteiger partial charge on any atom is -0.384 e. The van der Waals surface area contributed by atoms with E-state index in [4.69, 9.17) is 29.9 Å². The van der Waals surface area contributed by atoms with Crippen LogP contribution in [0.3, 0.4) is 0 Å². The molecule has 17 aromatic rings. The van der Waals surface area contributed by atoms with E-state index in [9.17, 15) is 5.11 Å². The molecule has 0 saturated carbocycles. The number of fused-ring (bicyclic) bond motifs is 6. The Morgan fingerprint density at radius 2 is 0.589 bits per heavy atom. The summed E-state index contributed by atoms with van der Waals surface area (Å²) in [6, 6.07) is 64.2. The zero-order valence-corrected chi connectivity index (χ0v) is 65.7. The van der Waals surface area contributed by atoms with Crippen molar-refractivity contribution in [2.75, 3.05) is 0 Å². The summed E-state index contributed by atoms with van der Waals surface area (Å²) in [5.74, 6) is 1.00. The summed E-state index contributed by atoms with van der Waals surface area (Å²) in [4.78, 5) is 77.1. The van der Waals surface area contributed by atoms with Crippen LogP contribution in [0.4, 0.5) is 0 Å². The molecule has 0 radical (unpaired) electrons. The third kappa shape index (κ3) is 11.2. The number of ketones is 3. The maximum absolute atomic E-state index is 15.5. The van der Waals surface area contributed by atoms with Gasteiger partial charge in [0.1, 0.15) is 18.8 Å². The molecule has 16 nitrogen and oxygen atoms in total. The maximum atomic E-state index is 15.5. The van der Waals surface area contributed by atoms with Gasteiger partial charge in [0.15, 0.2) is 29.0 Å². The van der Waals surface area contributed by atoms with E-state index in [1.807, 2.05) is 213 Å². The van der Waals surface area contributed by atoms with Gasteiger partial charge in [-0.1, -0.05) is 103 Å². The van der Waals surface area contributed by atoms with Crippen LogP contribution in [-0.2, 0) is 0 Å². The van der Waals surface area contributed by atoms with Gasteiger partial charge in [-0.3, -0.25) is 23.5 Å². The van der Waals surface area contributed by atoms with Crippen LogP contribution in [0.2, 0.25) is 0 Å². The number of hydrogen-bond acceptors (Lipinski definition) is 10. The van der Waals surface area contributed by atoms with Crippen LogP contribution >= 0.6 is 0 Å². The lowest BCUT2D eigenvalue weighted by atomic mass is 9.93. The molecule has 0 amide bonds. The first-order valence-electron chi connectivity index (χ1n) is 37.9. The third-order valence-electron chi connectivity index (χ3n) is 23.6. The Kier molecular flexibility index (Phi) is 17.5. The Labute approximate surface area is 649 Å². The predicted molar refractivity (Wildman–Crippen MR) is 446 cm³/mol. The number of carbonyl (C=O) groups excluding carboxylic acids is 3. The number of aromatic nitrogens is 12. The van der Waals surface area contributed by atoms with E-state index in [1.54, 1.807) is 0 Å². The average Bonchev–Trinajstić information content (AvgIpc) is 1.56. The van der Waals surface area contributed by atoms with Gasteiger partial charge < -0.3 is 23.4 Å². The quantitative estimate of drug-likeness (QED) is 0.0915. The lowest BCUT2D eigenvalue weighted by Gasteiger charge is -2.16. The number of carbonyl (C=O) groups is 3. The van der Waals surface area contributed by atoms with E-state index >= 15 is 14.4 Å². The average molecular weight is 1470 g/mol. The molecule has 17 rings (SSSR count). The summed E-state index contributed by atoms with van der Waals surface area (Å²) >= 11 is 0. The Morgan fingerprint density at radius 3 is 0.920 bits per heavy atom. The summed E-state index contributed by atoms with van der Waals surface area (Å²) in [5.41, 5.74) is 27.7. The van der Waals surface area contributed by atoms with Crippen molar-refractivity contribution in [2.24, 2.45) is 0 Å². The minimum atomic E-state index is -1.01. The molecule has 112 heavy (non-hydrogen) atoms. The van der Waals surface area contributed by atoms with Gasteiger partial charge in [-0.15, -0.1) is 0 Å². The number of rotatable bonds is 16. The molecular weight excluding hydrogens is 1390 g/mol. The number of aliphatic hydroxyl groups excluding tert-OH is 1. The van der Waals surface area contributed by atoms with Crippen molar-refractivity contribution >= 4 is 61.0 Å². The summed E-state index contributed by atoms with van der Waals surface area (Å²) in [7, 11) is 0. The van der Waals surface area contributed by atoms with Crippen molar-refractivity contribution in [3.05, 3.63) is 341 Å². The molecule has 8 heterocycles. The van der Waals surface area contributed by atoms with Crippen molar-refractivity contribution in [1.29, 1.82) is 0 Å². The van der Waals surface area contributed by atoms with Crippen LogP contribution in [0, 0.1) is 111 Å². The van der Waals surface area contributed by atoms with E-state index in [-0.39, 0.29) is 17.3 Å². The topological polar surface area (TPSA) is 178 Å². The molecule has 0 aliphatic carbocycles. The van der Waals surface area contributed by atoms with Gasteiger partial charge in [-0.2, -0.15) is 9.97 Å². The fourth-order valence-corrected chi connectivity index (χ4v) is 18.1. The number of nitrogens with zero attached hydrogens (tertiary/aromatic N) is 12. The molecule has 0 fully saturated rings. The van der Waals surface area contributed by atoms with Gasteiger partial charge in [-0.25, -0.2) is 19.9 Å².